The van der Waals surface area contributed by atoms with Gasteiger partial charge in [0, 0.05) is 5.56 Å². The van der Waals surface area contributed by atoms with Crippen LogP contribution in [0.1, 0.15) is 36.6 Å². The summed E-state index contributed by atoms with van der Waals surface area (Å²) in [5.41, 5.74) is 3.62. The van der Waals surface area contributed by atoms with Crippen LogP contribution >= 0.6 is 0 Å². The first-order valence-electron chi connectivity index (χ1n) is 12.9. The highest BCUT2D eigenvalue weighted by atomic mass is 16.6. The first kappa shape index (κ1) is 30.0. The van der Waals surface area contributed by atoms with Gasteiger partial charge in [0.05, 0.1) is 38.1 Å². The predicted molar refractivity (Wildman–Crippen MR) is 157 cm³/mol. The molecule has 0 radical (unpaired) electrons. The van der Waals surface area contributed by atoms with Gasteiger partial charge in [0.2, 0.25) is 0 Å². The van der Waals surface area contributed by atoms with Crippen molar-refractivity contribution in [3.63, 3.8) is 0 Å². The van der Waals surface area contributed by atoms with Gasteiger partial charge < -0.3 is 24.3 Å². The molecule has 0 spiro atoms. The van der Waals surface area contributed by atoms with Crippen LogP contribution in [0.2, 0.25) is 0 Å². The van der Waals surface area contributed by atoms with Gasteiger partial charge in [-0.3, -0.25) is 9.59 Å². The molecule has 4 aromatic rings. The molecule has 0 unspecified atom stereocenters. The van der Waals surface area contributed by atoms with Crippen molar-refractivity contribution in [2.45, 2.75) is 0 Å². The molecule has 0 heterocycles. The maximum atomic E-state index is 12.7. The average molecular weight is 582 g/mol. The molecule has 0 aliphatic carbocycles. The second-order valence-electron chi connectivity index (χ2n) is 8.76. The maximum absolute atomic E-state index is 12.7. The third-order valence-electron chi connectivity index (χ3n) is 5.85. The molecule has 11 nitrogen and oxygen atoms in total. The highest BCUT2D eigenvalue weighted by molar-refractivity contribution is 5.97. The molecule has 4 rings (SSSR count). The molecular weight excluding hydrogens is 554 g/mol. The Hall–Kier alpha value is -5.97. The third kappa shape index (κ3) is 8.27. The Labute approximate surface area is 247 Å². The first-order chi connectivity index (χ1) is 20.9. The SMILES string of the molecule is COc1ccc(C(=O)NCC(=O)NN=Cc2ccc(OC(=O)c3ccccc3)c(OC(=O)c3ccccc3)c2)cc1OC. The van der Waals surface area contributed by atoms with Crippen LogP contribution < -0.4 is 29.7 Å². The Bertz CT molecular complexity index is 1640. The van der Waals surface area contributed by atoms with E-state index in [1.165, 1.54) is 44.7 Å². The van der Waals surface area contributed by atoms with Crippen molar-refractivity contribution >= 4 is 30.0 Å². The van der Waals surface area contributed by atoms with Crippen LogP contribution in [0.25, 0.3) is 0 Å². The molecule has 2 amide bonds. The summed E-state index contributed by atoms with van der Waals surface area (Å²) in [5.74, 6) is -1.57. The lowest BCUT2D eigenvalue weighted by Gasteiger charge is -2.11. The number of esters is 2. The van der Waals surface area contributed by atoms with Crippen molar-refractivity contribution in [3.8, 4) is 23.0 Å². The molecule has 0 saturated carbocycles. The van der Waals surface area contributed by atoms with Gasteiger partial charge in [-0.05, 0) is 66.2 Å². The van der Waals surface area contributed by atoms with E-state index < -0.39 is 23.8 Å². The zero-order valence-electron chi connectivity index (χ0n) is 23.2. The van der Waals surface area contributed by atoms with Crippen LogP contribution in [0.4, 0.5) is 0 Å². The molecule has 0 bridgehead atoms. The Kier molecular flexibility index (Phi) is 10.2. The number of amides is 2. The molecule has 43 heavy (non-hydrogen) atoms. The summed E-state index contributed by atoms with van der Waals surface area (Å²) in [6.07, 6.45) is 1.30. The van der Waals surface area contributed by atoms with Crippen LogP contribution in [0.3, 0.4) is 0 Å². The lowest BCUT2D eigenvalue weighted by Crippen LogP contribution is -2.34. The van der Waals surface area contributed by atoms with Crippen molar-refractivity contribution < 1.29 is 38.1 Å². The van der Waals surface area contributed by atoms with Gasteiger partial charge in [-0.25, -0.2) is 15.0 Å². The standard InChI is InChI=1S/C32H27N3O8/c1-40-25-16-14-24(18-27(25)41-2)30(37)33-20-29(36)35-34-19-21-13-15-26(42-31(38)22-9-5-3-6-10-22)28(17-21)43-32(39)23-11-7-4-8-12-23/h3-19H,20H2,1-2H3,(H,33,37)(H,35,36). The van der Waals surface area contributed by atoms with Crippen molar-refractivity contribution in [2.24, 2.45) is 5.10 Å². The summed E-state index contributed by atoms with van der Waals surface area (Å²) in [7, 11) is 2.93. The number of nitrogens with zero attached hydrogens (tertiary/aromatic N) is 1. The number of carbonyl (C=O) groups is 4. The molecule has 0 saturated heterocycles. The fourth-order valence-corrected chi connectivity index (χ4v) is 3.69. The molecule has 218 valence electrons. The molecule has 2 N–H and O–H groups in total. The second kappa shape index (κ2) is 14.6. The lowest BCUT2D eigenvalue weighted by atomic mass is 10.2. The predicted octanol–water partition coefficient (Wildman–Crippen LogP) is 4.02. The Morgan fingerprint density at radius 3 is 1.84 bits per heavy atom. The number of hydrazone groups is 1. The van der Waals surface area contributed by atoms with Crippen molar-refractivity contribution in [3.05, 3.63) is 119 Å². The summed E-state index contributed by atoms with van der Waals surface area (Å²) in [5, 5.41) is 6.39. The maximum Gasteiger partial charge on any atom is 0.343 e. The van der Waals surface area contributed by atoms with Crippen molar-refractivity contribution in [1.29, 1.82) is 0 Å². The van der Waals surface area contributed by atoms with Crippen molar-refractivity contribution in [1.82, 2.24) is 10.7 Å². The minimum absolute atomic E-state index is 0.0113. The number of hydrogen-bond acceptors (Lipinski definition) is 9. The number of methoxy groups -OCH3 is 2. The molecule has 0 atom stereocenters. The number of rotatable bonds is 11. The quantitative estimate of drug-likeness (QED) is 0.117. The minimum Gasteiger partial charge on any atom is -0.493 e. The molecule has 0 aromatic heterocycles. The van der Waals surface area contributed by atoms with E-state index in [2.05, 4.69) is 15.8 Å². The van der Waals surface area contributed by atoms with E-state index in [0.29, 0.717) is 28.2 Å². The lowest BCUT2D eigenvalue weighted by molar-refractivity contribution is -0.120. The summed E-state index contributed by atoms with van der Waals surface area (Å²) >= 11 is 0. The number of ether oxygens (including phenoxy) is 4. The Morgan fingerprint density at radius 1 is 0.651 bits per heavy atom. The largest absolute Gasteiger partial charge is 0.493 e. The Balaban J connectivity index is 1.41. The van der Waals surface area contributed by atoms with Gasteiger partial charge in [0.1, 0.15) is 0 Å². The minimum atomic E-state index is -0.662. The monoisotopic (exact) mass is 581 g/mol. The normalized spacial score (nSPS) is 10.5. The van der Waals surface area contributed by atoms with E-state index >= 15 is 0 Å². The number of hydrogen-bond donors (Lipinski definition) is 2. The average Bonchev–Trinajstić information content (AvgIpc) is 3.05. The van der Waals surface area contributed by atoms with Crippen LogP contribution in [0.5, 0.6) is 23.0 Å². The smallest absolute Gasteiger partial charge is 0.343 e. The summed E-state index contributed by atoms with van der Waals surface area (Å²) in [4.78, 5) is 50.1. The van der Waals surface area contributed by atoms with E-state index in [1.807, 2.05) is 0 Å². The van der Waals surface area contributed by atoms with Crippen LogP contribution in [0, 0.1) is 0 Å². The van der Waals surface area contributed by atoms with Gasteiger partial charge in [0.25, 0.3) is 11.8 Å². The highest BCUT2D eigenvalue weighted by Gasteiger charge is 2.17. The van der Waals surface area contributed by atoms with E-state index in [-0.39, 0.29) is 23.6 Å². The van der Waals surface area contributed by atoms with Crippen LogP contribution in [-0.4, -0.2) is 50.7 Å². The topological polar surface area (TPSA) is 142 Å². The summed E-state index contributed by atoms with van der Waals surface area (Å²) < 4.78 is 21.4. The number of nitrogens with one attached hydrogen (secondary N) is 2. The first-order valence-corrected chi connectivity index (χ1v) is 12.9. The highest BCUT2D eigenvalue weighted by Crippen LogP contribution is 2.30. The number of carbonyl (C=O) groups excluding carboxylic acids is 4. The summed E-state index contributed by atoms with van der Waals surface area (Å²) in [6, 6.07) is 25.7. The molecule has 4 aromatic carbocycles. The van der Waals surface area contributed by atoms with E-state index in [4.69, 9.17) is 18.9 Å². The fraction of sp³-hybridized carbons (Fsp3) is 0.0938. The second-order valence-corrected chi connectivity index (χ2v) is 8.76. The molecular formula is C32H27N3O8. The van der Waals surface area contributed by atoms with Gasteiger partial charge in [-0.2, -0.15) is 5.10 Å². The molecule has 0 aliphatic rings. The van der Waals surface area contributed by atoms with Gasteiger partial charge in [-0.1, -0.05) is 36.4 Å². The summed E-state index contributed by atoms with van der Waals surface area (Å²) in [6.45, 7) is -0.348. The fourth-order valence-electron chi connectivity index (χ4n) is 3.69. The number of benzene rings is 4. The molecule has 0 aliphatic heterocycles. The zero-order chi connectivity index (χ0) is 30.6. The van der Waals surface area contributed by atoms with Crippen molar-refractivity contribution in [2.75, 3.05) is 20.8 Å². The zero-order valence-corrected chi connectivity index (χ0v) is 23.2. The van der Waals surface area contributed by atoms with Crippen LogP contribution in [0.15, 0.2) is 102 Å². The van der Waals surface area contributed by atoms with E-state index in [0.717, 1.165) is 0 Å². The van der Waals surface area contributed by atoms with Gasteiger partial charge >= 0.3 is 11.9 Å². The van der Waals surface area contributed by atoms with E-state index in [9.17, 15) is 19.2 Å². The molecule has 0 fully saturated rings. The molecule has 11 heteroatoms. The third-order valence-corrected chi connectivity index (χ3v) is 5.85. The van der Waals surface area contributed by atoms with E-state index in [1.54, 1.807) is 72.8 Å². The van der Waals surface area contributed by atoms with Crippen LogP contribution in [-0.2, 0) is 4.79 Å². The van der Waals surface area contributed by atoms with Gasteiger partial charge in [0.15, 0.2) is 23.0 Å². The Morgan fingerprint density at radius 2 is 1.23 bits per heavy atom. The van der Waals surface area contributed by atoms with Gasteiger partial charge in [-0.15, -0.1) is 0 Å².